The lowest BCUT2D eigenvalue weighted by atomic mass is 9.63. The zero-order chi connectivity index (χ0) is 15.7. The van der Waals surface area contributed by atoms with Crippen molar-refractivity contribution in [3.63, 3.8) is 0 Å². The number of aromatic nitrogens is 1. The first-order valence-corrected chi connectivity index (χ1v) is 8.21. The first-order chi connectivity index (χ1) is 10.6. The van der Waals surface area contributed by atoms with Crippen LogP contribution in [0.2, 0.25) is 0 Å². The van der Waals surface area contributed by atoms with E-state index in [1.165, 1.54) is 16.7 Å². The van der Waals surface area contributed by atoms with Crippen molar-refractivity contribution < 1.29 is 0 Å². The number of aromatic amines is 1. The Morgan fingerprint density at radius 3 is 3.00 bits per heavy atom. The molecule has 1 unspecified atom stereocenters. The van der Waals surface area contributed by atoms with Crippen LogP contribution in [0.5, 0.6) is 0 Å². The van der Waals surface area contributed by atoms with Gasteiger partial charge in [-0.3, -0.25) is 9.79 Å². The molecule has 2 atom stereocenters. The summed E-state index contributed by atoms with van der Waals surface area (Å²) in [6.07, 6.45) is 10.5. The van der Waals surface area contributed by atoms with Crippen LogP contribution in [0.3, 0.4) is 0 Å². The molecule has 0 aromatic carbocycles. The Morgan fingerprint density at radius 2 is 2.27 bits per heavy atom. The first-order valence-electron chi connectivity index (χ1n) is 8.21. The number of fused-ring (bicyclic) bond motifs is 4. The van der Waals surface area contributed by atoms with E-state index in [1.54, 1.807) is 6.07 Å². The number of nitrogens with zero attached hydrogens (tertiary/aromatic N) is 1. The fourth-order valence-corrected chi connectivity index (χ4v) is 4.00. The lowest BCUT2D eigenvalue weighted by Crippen LogP contribution is -2.40. The average molecular weight is 296 g/mol. The fourth-order valence-electron chi connectivity index (χ4n) is 4.00. The minimum Gasteiger partial charge on any atom is -0.326 e. The van der Waals surface area contributed by atoms with Crippen molar-refractivity contribution in [2.24, 2.45) is 10.9 Å². The molecule has 1 aromatic heterocycles. The number of H-pyrrole nitrogens is 1. The predicted molar refractivity (Wildman–Crippen MR) is 91.5 cm³/mol. The first kappa shape index (κ1) is 15.0. The number of pyridine rings is 1. The van der Waals surface area contributed by atoms with Crippen LogP contribution in [0, 0.1) is 5.92 Å². The molecule has 3 rings (SSSR count). The van der Waals surface area contributed by atoms with Gasteiger partial charge in [0.05, 0.1) is 0 Å². The van der Waals surface area contributed by atoms with Crippen molar-refractivity contribution in [1.29, 1.82) is 0 Å². The highest BCUT2D eigenvalue weighted by molar-refractivity contribution is 5.61. The lowest BCUT2D eigenvalue weighted by Gasteiger charge is -2.45. The molecule has 0 aliphatic heterocycles. The van der Waals surface area contributed by atoms with Gasteiger partial charge < -0.3 is 4.98 Å². The summed E-state index contributed by atoms with van der Waals surface area (Å²) < 4.78 is 0. The Hall–Kier alpha value is -1.90. The Bertz CT molecular complexity index is 723. The van der Waals surface area contributed by atoms with Crippen molar-refractivity contribution >= 4 is 6.21 Å². The van der Waals surface area contributed by atoms with Gasteiger partial charge in [-0.25, -0.2) is 0 Å². The Morgan fingerprint density at radius 1 is 1.45 bits per heavy atom. The van der Waals surface area contributed by atoms with Crippen LogP contribution in [0.1, 0.15) is 51.3 Å². The lowest BCUT2D eigenvalue weighted by molar-refractivity contribution is 0.413. The Labute approximate surface area is 131 Å². The van der Waals surface area contributed by atoms with E-state index in [4.69, 9.17) is 4.99 Å². The number of aliphatic imine (C=N–C) groups is 1. The molecular weight excluding hydrogens is 272 g/mol. The van der Waals surface area contributed by atoms with Gasteiger partial charge >= 0.3 is 0 Å². The van der Waals surface area contributed by atoms with E-state index >= 15 is 0 Å². The molecule has 2 aliphatic rings. The van der Waals surface area contributed by atoms with Crippen molar-refractivity contribution in [1.82, 2.24) is 4.98 Å². The molecular formula is C19H24N2O. The second kappa shape index (κ2) is 5.71. The third-order valence-corrected chi connectivity index (χ3v) is 4.81. The minimum atomic E-state index is -0.314. The number of allylic oxidation sites excluding steroid dienone is 2. The van der Waals surface area contributed by atoms with Gasteiger partial charge in [0.15, 0.2) is 0 Å². The molecule has 2 bridgehead atoms. The van der Waals surface area contributed by atoms with Gasteiger partial charge in [-0.05, 0) is 38.3 Å². The second-order valence-corrected chi connectivity index (χ2v) is 6.42. The summed E-state index contributed by atoms with van der Waals surface area (Å²) in [5.74, 6) is 0.350. The topological polar surface area (TPSA) is 45.2 Å². The molecule has 2 aliphatic carbocycles. The van der Waals surface area contributed by atoms with Crippen LogP contribution in [-0.4, -0.2) is 11.2 Å². The molecule has 0 saturated carbocycles. The maximum absolute atomic E-state index is 11.7. The SMILES string of the molecule is C/C=C1\C2C=C(C)C[C@@]1(N=CCCC)c1ccc(=O)[nH]c1C2. The van der Waals surface area contributed by atoms with Crippen molar-refractivity contribution in [3.8, 4) is 0 Å². The summed E-state index contributed by atoms with van der Waals surface area (Å²) in [6, 6.07) is 3.62. The zero-order valence-corrected chi connectivity index (χ0v) is 13.6. The smallest absolute Gasteiger partial charge is 0.248 e. The molecule has 0 radical (unpaired) electrons. The molecule has 1 aromatic rings. The van der Waals surface area contributed by atoms with Crippen molar-refractivity contribution in [3.05, 3.63) is 57.0 Å². The van der Waals surface area contributed by atoms with Crippen molar-refractivity contribution in [2.45, 2.75) is 52.0 Å². The van der Waals surface area contributed by atoms with Crippen LogP contribution in [-0.2, 0) is 12.0 Å². The van der Waals surface area contributed by atoms with Crippen LogP contribution in [0.15, 0.2) is 45.2 Å². The summed E-state index contributed by atoms with van der Waals surface area (Å²) in [5, 5.41) is 0. The van der Waals surface area contributed by atoms with E-state index in [0.717, 1.165) is 31.4 Å². The molecule has 0 spiro atoms. The number of rotatable bonds is 3. The highest BCUT2D eigenvalue weighted by atomic mass is 16.1. The summed E-state index contributed by atoms with van der Waals surface area (Å²) in [5.41, 5.74) is 4.67. The summed E-state index contributed by atoms with van der Waals surface area (Å²) >= 11 is 0. The van der Waals surface area contributed by atoms with Gasteiger partial charge in [0.25, 0.3) is 0 Å². The van der Waals surface area contributed by atoms with E-state index in [0.29, 0.717) is 5.92 Å². The molecule has 1 N–H and O–H groups in total. The Kier molecular flexibility index (Phi) is 3.90. The number of unbranched alkanes of at least 4 members (excludes halogenated alkanes) is 1. The molecule has 0 amide bonds. The number of hydrogen-bond acceptors (Lipinski definition) is 2. The quantitative estimate of drug-likeness (QED) is 0.667. The fraction of sp³-hybridized carbons (Fsp3) is 0.474. The van der Waals surface area contributed by atoms with Crippen LogP contribution in [0.25, 0.3) is 0 Å². The van der Waals surface area contributed by atoms with E-state index < -0.39 is 0 Å². The predicted octanol–water partition coefficient (Wildman–Crippen LogP) is 3.91. The summed E-state index contributed by atoms with van der Waals surface area (Å²) in [7, 11) is 0. The highest BCUT2D eigenvalue weighted by Gasteiger charge is 2.46. The van der Waals surface area contributed by atoms with Crippen LogP contribution in [0.4, 0.5) is 0 Å². The zero-order valence-electron chi connectivity index (χ0n) is 13.6. The molecule has 3 heteroatoms. The standard InChI is InChI=1S/C19H24N2O/c1-4-6-9-20-19-12-13(3)10-14(15(19)5-2)11-17-16(19)7-8-18(22)21-17/h5,7-10,14H,4,6,11-12H2,1-3H3,(H,21,22)/b15-5+,20-9?/t14?,19-/m0/s1. The van der Waals surface area contributed by atoms with Crippen LogP contribution >= 0.6 is 0 Å². The summed E-state index contributed by atoms with van der Waals surface area (Å²) in [4.78, 5) is 19.8. The monoisotopic (exact) mass is 296 g/mol. The molecule has 0 saturated heterocycles. The summed E-state index contributed by atoms with van der Waals surface area (Å²) in [6.45, 7) is 6.47. The van der Waals surface area contributed by atoms with Crippen LogP contribution < -0.4 is 5.56 Å². The van der Waals surface area contributed by atoms with Gasteiger partial charge in [-0.2, -0.15) is 0 Å². The maximum Gasteiger partial charge on any atom is 0.248 e. The van der Waals surface area contributed by atoms with E-state index in [9.17, 15) is 4.79 Å². The molecule has 1 heterocycles. The van der Waals surface area contributed by atoms with Gasteiger partial charge in [-0.1, -0.05) is 31.1 Å². The Balaban J connectivity index is 2.23. The third kappa shape index (κ3) is 2.29. The van der Waals surface area contributed by atoms with E-state index in [1.807, 2.05) is 6.07 Å². The minimum absolute atomic E-state index is 0.0193. The molecule has 3 nitrogen and oxygen atoms in total. The molecule has 116 valence electrons. The second-order valence-electron chi connectivity index (χ2n) is 6.42. The highest BCUT2D eigenvalue weighted by Crippen LogP contribution is 2.51. The average Bonchev–Trinajstić information content (AvgIpc) is 2.46. The van der Waals surface area contributed by atoms with Crippen molar-refractivity contribution in [2.75, 3.05) is 0 Å². The normalized spacial score (nSPS) is 28.8. The number of nitrogens with one attached hydrogen (secondary N) is 1. The van der Waals surface area contributed by atoms with Gasteiger partial charge in [0, 0.05) is 35.9 Å². The molecule has 22 heavy (non-hydrogen) atoms. The van der Waals surface area contributed by atoms with E-state index in [-0.39, 0.29) is 11.1 Å². The number of hydrogen-bond donors (Lipinski definition) is 1. The van der Waals surface area contributed by atoms with Gasteiger partial charge in [0.2, 0.25) is 5.56 Å². The third-order valence-electron chi connectivity index (χ3n) is 4.81. The van der Waals surface area contributed by atoms with Gasteiger partial charge in [-0.15, -0.1) is 0 Å². The maximum atomic E-state index is 11.7. The largest absolute Gasteiger partial charge is 0.326 e. The van der Waals surface area contributed by atoms with Gasteiger partial charge in [0.1, 0.15) is 5.54 Å². The van der Waals surface area contributed by atoms with E-state index in [2.05, 4.69) is 44.1 Å². The molecule has 0 fully saturated rings.